The number of ether oxygens (including phenoxy) is 2. The minimum atomic E-state index is 0.327. The highest BCUT2D eigenvalue weighted by atomic mass is 32.1. The maximum Gasteiger partial charge on any atom is 0.231 e. The maximum absolute atomic E-state index is 5.44. The van der Waals surface area contributed by atoms with E-state index in [9.17, 15) is 0 Å². The van der Waals surface area contributed by atoms with E-state index in [2.05, 4.69) is 37.4 Å². The van der Waals surface area contributed by atoms with Gasteiger partial charge in [-0.05, 0) is 30.3 Å². The molecule has 3 aromatic rings. The van der Waals surface area contributed by atoms with Crippen LogP contribution in [0.3, 0.4) is 0 Å². The summed E-state index contributed by atoms with van der Waals surface area (Å²) >= 11 is 1.78. The number of nitrogens with one attached hydrogen (secondary N) is 1. The topological polar surface area (TPSA) is 35.8 Å². The van der Waals surface area contributed by atoms with Crippen molar-refractivity contribution in [1.82, 2.24) is 4.98 Å². The summed E-state index contributed by atoms with van der Waals surface area (Å²) in [5, 5.41) is 1.18. The van der Waals surface area contributed by atoms with Gasteiger partial charge in [-0.2, -0.15) is 0 Å². The third kappa shape index (κ3) is 2.65. The van der Waals surface area contributed by atoms with Crippen molar-refractivity contribution in [3.05, 3.63) is 53.0 Å². The quantitative estimate of drug-likeness (QED) is 0.802. The standard InChI is InChI=1S/C17H16N2O2S/c1-19(9-12-6-7-14-15(8-12)21-11-20-14)10-17-18-13-4-2-3-5-16(13)22-17/h2-8H,9-11H2,1H3/p+1. The number of hydrogen-bond acceptors (Lipinski definition) is 4. The Morgan fingerprint density at radius 3 is 2.86 bits per heavy atom. The molecule has 0 aliphatic carbocycles. The van der Waals surface area contributed by atoms with Crippen LogP contribution in [-0.2, 0) is 13.1 Å². The SMILES string of the molecule is C[NH+](Cc1ccc2c(c1)OCO2)Cc1nc2ccccc2s1. The second-order valence-corrected chi connectivity index (χ2v) is 6.69. The Morgan fingerprint density at radius 2 is 1.95 bits per heavy atom. The molecule has 5 heteroatoms. The summed E-state index contributed by atoms with van der Waals surface area (Å²) < 4.78 is 12.0. The lowest BCUT2D eigenvalue weighted by Gasteiger charge is -2.12. The van der Waals surface area contributed by atoms with Gasteiger partial charge in [0.05, 0.1) is 17.3 Å². The lowest BCUT2D eigenvalue weighted by atomic mass is 10.2. The van der Waals surface area contributed by atoms with Crippen molar-refractivity contribution >= 4 is 21.6 Å². The minimum Gasteiger partial charge on any atom is -0.454 e. The first-order chi connectivity index (χ1) is 10.8. The van der Waals surface area contributed by atoms with E-state index < -0.39 is 0 Å². The van der Waals surface area contributed by atoms with E-state index >= 15 is 0 Å². The molecule has 1 N–H and O–H groups in total. The second-order valence-electron chi connectivity index (χ2n) is 5.57. The van der Waals surface area contributed by atoms with Crippen LogP contribution in [-0.4, -0.2) is 18.8 Å². The summed E-state index contributed by atoms with van der Waals surface area (Å²) in [5.74, 6) is 1.69. The predicted molar refractivity (Wildman–Crippen MR) is 86.5 cm³/mol. The number of para-hydroxylation sites is 1. The average molecular weight is 313 g/mol. The van der Waals surface area contributed by atoms with Crippen LogP contribution in [0.1, 0.15) is 10.6 Å². The van der Waals surface area contributed by atoms with E-state index in [1.165, 1.54) is 20.2 Å². The molecule has 112 valence electrons. The molecule has 0 bridgehead atoms. The molecule has 0 saturated heterocycles. The van der Waals surface area contributed by atoms with Crippen LogP contribution >= 0.6 is 11.3 Å². The first-order valence-electron chi connectivity index (χ1n) is 7.32. The van der Waals surface area contributed by atoms with Gasteiger partial charge in [-0.1, -0.05) is 12.1 Å². The zero-order valence-corrected chi connectivity index (χ0v) is 13.2. The average Bonchev–Trinajstić information content (AvgIpc) is 3.11. The van der Waals surface area contributed by atoms with Crippen molar-refractivity contribution in [2.75, 3.05) is 13.8 Å². The van der Waals surface area contributed by atoms with Crippen LogP contribution in [0.2, 0.25) is 0 Å². The van der Waals surface area contributed by atoms with E-state index in [1.807, 2.05) is 12.1 Å². The van der Waals surface area contributed by atoms with Crippen LogP contribution in [0, 0.1) is 0 Å². The largest absolute Gasteiger partial charge is 0.454 e. The Hall–Kier alpha value is -2.11. The number of aromatic nitrogens is 1. The molecule has 0 spiro atoms. The Labute approximate surface area is 132 Å². The second kappa shape index (κ2) is 5.59. The van der Waals surface area contributed by atoms with Gasteiger partial charge in [0.15, 0.2) is 11.5 Å². The van der Waals surface area contributed by atoms with Crippen LogP contribution < -0.4 is 14.4 Å². The fourth-order valence-electron chi connectivity index (χ4n) is 2.72. The van der Waals surface area contributed by atoms with E-state index in [1.54, 1.807) is 11.3 Å². The molecule has 0 fully saturated rings. The van der Waals surface area contributed by atoms with Crippen molar-refractivity contribution in [2.45, 2.75) is 13.1 Å². The summed E-state index contributed by atoms with van der Waals surface area (Å²) in [6.07, 6.45) is 0. The molecule has 1 atom stereocenters. The highest BCUT2D eigenvalue weighted by Gasteiger charge is 2.15. The van der Waals surface area contributed by atoms with Crippen molar-refractivity contribution in [3.8, 4) is 11.5 Å². The van der Waals surface area contributed by atoms with Crippen LogP contribution in [0.4, 0.5) is 0 Å². The lowest BCUT2D eigenvalue weighted by Crippen LogP contribution is -3.06. The van der Waals surface area contributed by atoms with Crippen molar-refractivity contribution in [3.63, 3.8) is 0 Å². The van der Waals surface area contributed by atoms with Gasteiger partial charge in [-0.3, -0.25) is 0 Å². The van der Waals surface area contributed by atoms with Gasteiger partial charge >= 0.3 is 0 Å². The summed E-state index contributed by atoms with van der Waals surface area (Å²) in [6, 6.07) is 14.5. The van der Waals surface area contributed by atoms with Crippen molar-refractivity contribution in [1.29, 1.82) is 0 Å². The summed E-state index contributed by atoms with van der Waals surface area (Å²) in [6.45, 7) is 2.19. The molecule has 4 rings (SSSR count). The number of nitrogens with zero attached hydrogens (tertiary/aromatic N) is 1. The van der Waals surface area contributed by atoms with Gasteiger partial charge in [0.25, 0.3) is 0 Å². The summed E-state index contributed by atoms with van der Waals surface area (Å²) in [4.78, 5) is 6.11. The fourth-order valence-corrected chi connectivity index (χ4v) is 3.80. The zero-order valence-electron chi connectivity index (χ0n) is 12.3. The van der Waals surface area contributed by atoms with E-state index in [-0.39, 0.29) is 0 Å². The number of benzene rings is 2. The van der Waals surface area contributed by atoms with Gasteiger partial charge in [0.1, 0.15) is 18.1 Å². The molecule has 4 nitrogen and oxygen atoms in total. The summed E-state index contributed by atoms with van der Waals surface area (Å²) in [5.41, 5.74) is 2.35. The molecule has 1 aromatic heterocycles. The smallest absolute Gasteiger partial charge is 0.231 e. The van der Waals surface area contributed by atoms with Crippen LogP contribution in [0.15, 0.2) is 42.5 Å². The fraction of sp³-hybridized carbons (Fsp3) is 0.235. The number of fused-ring (bicyclic) bond motifs is 2. The minimum absolute atomic E-state index is 0.327. The number of thiazole rings is 1. The molecule has 22 heavy (non-hydrogen) atoms. The Kier molecular flexibility index (Phi) is 3.44. The normalized spacial score (nSPS) is 14.4. The van der Waals surface area contributed by atoms with E-state index in [0.717, 1.165) is 30.1 Å². The number of quaternary nitrogens is 1. The molecule has 2 aromatic carbocycles. The Bertz CT molecular complexity index is 782. The molecule has 0 saturated carbocycles. The van der Waals surface area contributed by atoms with Gasteiger partial charge in [0, 0.05) is 5.56 Å². The molecule has 1 unspecified atom stereocenters. The molecule has 0 radical (unpaired) electrons. The van der Waals surface area contributed by atoms with Crippen LogP contribution in [0.5, 0.6) is 11.5 Å². The Morgan fingerprint density at radius 1 is 1.09 bits per heavy atom. The predicted octanol–water partition coefficient (Wildman–Crippen LogP) is 2.24. The van der Waals surface area contributed by atoms with E-state index in [0.29, 0.717) is 6.79 Å². The highest BCUT2D eigenvalue weighted by molar-refractivity contribution is 7.18. The molecule has 1 aliphatic rings. The third-order valence-corrected chi connectivity index (χ3v) is 4.77. The molecular formula is C17H17N2O2S+. The third-order valence-electron chi connectivity index (χ3n) is 3.73. The lowest BCUT2D eigenvalue weighted by molar-refractivity contribution is -0.907. The Balaban J connectivity index is 1.46. The number of hydrogen-bond donors (Lipinski definition) is 1. The van der Waals surface area contributed by atoms with Gasteiger partial charge in [0.2, 0.25) is 6.79 Å². The van der Waals surface area contributed by atoms with Gasteiger partial charge < -0.3 is 14.4 Å². The monoisotopic (exact) mass is 313 g/mol. The maximum atomic E-state index is 5.44. The first kappa shape index (κ1) is 13.5. The number of rotatable bonds is 4. The summed E-state index contributed by atoms with van der Waals surface area (Å²) in [7, 11) is 2.19. The first-order valence-corrected chi connectivity index (χ1v) is 8.14. The zero-order chi connectivity index (χ0) is 14.9. The van der Waals surface area contributed by atoms with Crippen molar-refractivity contribution in [2.24, 2.45) is 0 Å². The van der Waals surface area contributed by atoms with Gasteiger partial charge in [-0.25, -0.2) is 4.98 Å². The molecule has 2 heterocycles. The highest BCUT2D eigenvalue weighted by Crippen LogP contribution is 2.32. The van der Waals surface area contributed by atoms with Crippen molar-refractivity contribution < 1.29 is 14.4 Å². The molecular weight excluding hydrogens is 296 g/mol. The van der Waals surface area contributed by atoms with Crippen LogP contribution in [0.25, 0.3) is 10.2 Å². The molecule has 1 aliphatic heterocycles. The van der Waals surface area contributed by atoms with Gasteiger partial charge in [-0.15, -0.1) is 11.3 Å². The molecule has 0 amide bonds. The van der Waals surface area contributed by atoms with E-state index in [4.69, 9.17) is 14.5 Å².